The lowest BCUT2D eigenvalue weighted by molar-refractivity contribution is 0.0627. The first-order valence-corrected chi connectivity index (χ1v) is 7.93. The maximum absolute atomic E-state index is 13.6. The van der Waals surface area contributed by atoms with E-state index in [1.165, 1.54) is 6.92 Å². The van der Waals surface area contributed by atoms with Crippen LogP contribution in [0.5, 0.6) is 0 Å². The lowest BCUT2D eigenvalue weighted by Crippen LogP contribution is -2.38. The van der Waals surface area contributed by atoms with Gasteiger partial charge in [-0.05, 0) is 24.6 Å². The Morgan fingerprint density at radius 2 is 1.77 bits per heavy atom. The van der Waals surface area contributed by atoms with Gasteiger partial charge in [0, 0.05) is 12.6 Å². The van der Waals surface area contributed by atoms with Crippen molar-refractivity contribution in [3.63, 3.8) is 0 Å². The number of benzene rings is 2. The summed E-state index contributed by atoms with van der Waals surface area (Å²) in [5.41, 5.74) is -0.956. The van der Waals surface area contributed by atoms with Crippen LogP contribution in [-0.2, 0) is 15.6 Å². The van der Waals surface area contributed by atoms with Crippen LogP contribution in [0.4, 0.5) is 8.78 Å². The number of halogens is 2. The Morgan fingerprint density at radius 3 is 2.36 bits per heavy atom. The Morgan fingerprint density at radius 1 is 1.14 bits per heavy atom. The molecule has 0 saturated heterocycles. The Kier molecular flexibility index (Phi) is 4.60. The molecule has 0 aromatic heterocycles. The van der Waals surface area contributed by atoms with Crippen molar-refractivity contribution in [2.45, 2.75) is 17.4 Å². The molecule has 0 spiro atoms. The second-order valence-electron chi connectivity index (χ2n) is 5.04. The van der Waals surface area contributed by atoms with Crippen LogP contribution in [0.25, 0.3) is 0 Å². The summed E-state index contributed by atoms with van der Waals surface area (Å²) >= 11 is 0. The molecule has 118 valence electrons. The highest BCUT2D eigenvalue weighted by molar-refractivity contribution is 7.89. The van der Waals surface area contributed by atoms with Crippen LogP contribution in [0.3, 0.4) is 0 Å². The third kappa shape index (κ3) is 3.68. The van der Waals surface area contributed by atoms with Crippen molar-refractivity contribution >= 4 is 10.0 Å². The molecule has 0 heterocycles. The van der Waals surface area contributed by atoms with Crippen LogP contribution in [0, 0.1) is 11.6 Å². The number of rotatable bonds is 5. The van der Waals surface area contributed by atoms with Crippen molar-refractivity contribution in [1.82, 2.24) is 4.72 Å². The van der Waals surface area contributed by atoms with E-state index in [1.54, 1.807) is 30.3 Å². The molecule has 0 aliphatic heterocycles. The molecule has 0 amide bonds. The Balaban J connectivity index is 2.19. The predicted molar refractivity (Wildman–Crippen MR) is 77.6 cm³/mol. The summed E-state index contributed by atoms with van der Waals surface area (Å²) in [7, 11) is -4.20. The van der Waals surface area contributed by atoms with Crippen LogP contribution in [0.15, 0.2) is 53.4 Å². The Labute approximate surface area is 127 Å². The van der Waals surface area contributed by atoms with Crippen molar-refractivity contribution in [2.75, 3.05) is 6.54 Å². The summed E-state index contributed by atoms with van der Waals surface area (Å²) in [6, 6.07) is 10.6. The molecule has 0 radical (unpaired) electrons. The highest BCUT2D eigenvalue weighted by atomic mass is 32.2. The van der Waals surface area contributed by atoms with Gasteiger partial charge in [-0.3, -0.25) is 0 Å². The van der Waals surface area contributed by atoms with Crippen molar-refractivity contribution in [1.29, 1.82) is 0 Å². The molecule has 2 N–H and O–H groups in total. The first-order chi connectivity index (χ1) is 10.2. The lowest BCUT2D eigenvalue weighted by atomic mass is 9.97. The molecular formula is C15H15F2NO3S. The van der Waals surface area contributed by atoms with Crippen molar-refractivity contribution in [3.8, 4) is 0 Å². The van der Waals surface area contributed by atoms with E-state index in [9.17, 15) is 22.3 Å². The summed E-state index contributed by atoms with van der Waals surface area (Å²) < 4.78 is 52.7. The number of nitrogens with one attached hydrogen (secondary N) is 1. The molecule has 4 nitrogen and oxygen atoms in total. The van der Waals surface area contributed by atoms with Crippen LogP contribution in [0.1, 0.15) is 12.5 Å². The lowest BCUT2D eigenvalue weighted by Gasteiger charge is -2.24. The summed E-state index contributed by atoms with van der Waals surface area (Å²) in [6.45, 7) is 1.09. The van der Waals surface area contributed by atoms with E-state index in [1.807, 2.05) is 0 Å². The van der Waals surface area contributed by atoms with Gasteiger partial charge < -0.3 is 5.11 Å². The number of aliphatic hydroxyl groups is 1. The molecule has 1 unspecified atom stereocenters. The average Bonchev–Trinajstić information content (AvgIpc) is 2.46. The molecule has 0 aliphatic carbocycles. The van der Waals surface area contributed by atoms with Gasteiger partial charge in [0.25, 0.3) is 0 Å². The minimum atomic E-state index is -4.20. The molecule has 0 saturated carbocycles. The van der Waals surface area contributed by atoms with E-state index in [0.717, 1.165) is 12.1 Å². The minimum Gasteiger partial charge on any atom is -0.384 e. The predicted octanol–water partition coefficient (Wildman–Crippen LogP) is 2.15. The van der Waals surface area contributed by atoms with E-state index >= 15 is 0 Å². The fourth-order valence-electron chi connectivity index (χ4n) is 1.91. The fraction of sp³-hybridized carbons (Fsp3) is 0.200. The van der Waals surface area contributed by atoms with Gasteiger partial charge >= 0.3 is 0 Å². The molecular weight excluding hydrogens is 312 g/mol. The first kappa shape index (κ1) is 16.5. The molecule has 0 aliphatic rings. The maximum atomic E-state index is 13.6. The Bertz CT molecular complexity index is 762. The van der Waals surface area contributed by atoms with E-state index in [2.05, 4.69) is 4.72 Å². The summed E-state index contributed by atoms with van der Waals surface area (Å²) in [5.74, 6) is -2.06. The molecule has 2 aromatic carbocycles. The standard InChI is InChI=1S/C15H15F2NO3S/c1-15(19,11-5-3-2-4-6-11)10-18-22(20,21)14-8-7-12(16)9-13(14)17/h2-9,18-19H,10H2,1H3. The third-order valence-electron chi connectivity index (χ3n) is 3.19. The zero-order chi connectivity index (χ0) is 16.4. The largest absolute Gasteiger partial charge is 0.384 e. The van der Waals surface area contributed by atoms with Gasteiger partial charge in [-0.1, -0.05) is 30.3 Å². The molecule has 1 atom stereocenters. The second-order valence-corrected chi connectivity index (χ2v) is 6.77. The normalized spacial score (nSPS) is 14.5. The zero-order valence-electron chi connectivity index (χ0n) is 11.8. The van der Waals surface area contributed by atoms with E-state index in [4.69, 9.17) is 0 Å². The van der Waals surface area contributed by atoms with Crippen LogP contribution in [-0.4, -0.2) is 20.1 Å². The molecule has 2 rings (SSSR count). The monoisotopic (exact) mass is 327 g/mol. The number of sulfonamides is 1. The van der Waals surface area contributed by atoms with Crippen LogP contribution < -0.4 is 4.72 Å². The van der Waals surface area contributed by atoms with Crippen LogP contribution >= 0.6 is 0 Å². The average molecular weight is 327 g/mol. The molecule has 0 bridgehead atoms. The van der Waals surface area contributed by atoms with Gasteiger partial charge in [0.1, 0.15) is 22.1 Å². The summed E-state index contributed by atoms with van der Waals surface area (Å²) in [4.78, 5) is -0.669. The Hall–Kier alpha value is -1.83. The van der Waals surface area contributed by atoms with Gasteiger partial charge in [0.2, 0.25) is 10.0 Å². The number of hydrogen-bond acceptors (Lipinski definition) is 3. The van der Waals surface area contributed by atoms with E-state index < -0.39 is 32.2 Å². The van der Waals surface area contributed by atoms with Gasteiger partial charge in [-0.15, -0.1) is 0 Å². The smallest absolute Gasteiger partial charge is 0.243 e. The van der Waals surface area contributed by atoms with Gasteiger partial charge in [0.05, 0.1) is 0 Å². The van der Waals surface area contributed by atoms with Crippen molar-refractivity contribution < 1.29 is 22.3 Å². The van der Waals surface area contributed by atoms with Gasteiger partial charge in [-0.2, -0.15) is 0 Å². The molecule has 2 aromatic rings. The minimum absolute atomic E-state index is 0.351. The van der Waals surface area contributed by atoms with E-state index in [-0.39, 0.29) is 6.54 Å². The highest BCUT2D eigenvalue weighted by Crippen LogP contribution is 2.21. The fourth-order valence-corrected chi connectivity index (χ4v) is 3.10. The number of hydrogen-bond donors (Lipinski definition) is 2. The first-order valence-electron chi connectivity index (χ1n) is 6.45. The van der Waals surface area contributed by atoms with Gasteiger partial charge in [0.15, 0.2) is 0 Å². The molecule has 7 heteroatoms. The highest BCUT2D eigenvalue weighted by Gasteiger charge is 2.27. The molecule has 22 heavy (non-hydrogen) atoms. The topological polar surface area (TPSA) is 66.4 Å². The van der Waals surface area contributed by atoms with Crippen molar-refractivity contribution in [2.24, 2.45) is 0 Å². The van der Waals surface area contributed by atoms with E-state index in [0.29, 0.717) is 11.6 Å². The maximum Gasteiger partial charge on any atom is 0.243 e. The van der Waals surface area contributed by atoms with Crippen LogP contribution in [0.2, 0.25) is 0 Å². The molecule has 0 fully saturated rings. The summed E-state index contributed by atoms with van der Waals surface area (Å²) in [5, 5.41) is 10.3. The summed E-state index contributed by atoms with van der Waals surface area (Å²) in [6.07, 6.45) is 0. The zero-order valence-corrected chi connectivity index (χ0v) is 12.6. The third-order valence-corrected chi connectivity index (χ3v) is 4.62. The quantitative estimate of drug-likeness (QED) is 0.884. The second kappa shape index (κ2) is 6.12. The van der Waals surface area contributed by atoms with Gasteiger partial charge in [-0.25, -0.2) is 21.9 Å². The SMILES string of the molecule is CC(O)(CNS(=O)(=O)c1ccc(F)cc1F)c1ccccc1. The van der Waals surface area contributed by atoms with Crippen molar-refractivity contribution in [3.05, 3.63) is 65.7 Å².